The van der Waals surface area contributed by atoms with E-state index in [0.29, 0.717) is 0 Å². The summed E-state index contributed by atoms with van der Waals surface area (Å²) in [5, 5.41) is 1.23. The minimum absolute atomic E-state index is 0.939. The summed E-state index contributed by atoms with van der Waals surface area (Å²) >= 11 is 0. The molecule has 0 spiro atoms. The minimum atomic E-state index is 0.939. The number of aliphatic imine (C=N–C) groups is 1. The van der Waals surface area contributed by atoms with Gasteiger partial charge in [0.2, 0.25) is 0 Å². The van der Waals surface area contributed by atoms with Crippen LogP contribution in [0.3, 0.4) is 0 Å². The van der Waals surface area contributed by atoms with Crippen LogP contribution in [0, 0.1) is 0 Å². The molecule has 5 rings (SSSR count). The molecule has 3 heterocycles. The van der Waals surface area contributed by atoms with Gasteiger partial charge in [0.05, 0.1) is 5.69 Å². The first-order valence-corrected chi connectivity index (χ1v) is 9.29. The fourth-order valence-corrected chi connectivity index (χ4v) is 3.82. The van der Waals surface area contributed by atoms with Crippen LogP contribution in [-0.2, 0) is 6.54 Å². The lowest BCUT2D eigenvalue weighted by molar-refractivity contribution is -0.693. The Kier molecular flexibility index (Phi) is 3.72. The Bertz CT molecular complexity index is 1210. The number of pyridine rings is 1. The van der Waals surface area contributed by atoms with Crippen molar-refractivity contribution in [3.05, 3.63) is 95.9 Å². The van der Waals surface area contributed by atoms with Crippen LogP contribution in [0.5, 0.6) is 0 Å². The fourth-order valence-electron chi connectivity index (χ4n) is 3.82. The lowest BCUT2D eigenvalue weighted by Crippen LogP contribution is -2.31. The van der Waals surface area contributed by atoms with Crippen molar-refractivity contribution in [2.75, 3.05) is 0 Å². The van der Waals surface area contributed by atoms with Crippen molar-refractivity contribution in [3.63, 3.8) is 0 Å². The average molecular weight is 350 g/mol. The highest BCUT2D eigenvalue weighted by Gasteiger charge is 2.22. The van der Waals surface area contributed by atoms with Gasteiger partial charge in [-0.25, -0.2) is 4.57 Å². The third-order valence-electron chi connectivity index (χ3n) is 5.17. The molecule has 27 heavy (non-hydrogen) atoms. The van der Waals surface area contributed by atoms with E-state index in [2.05, 4.69) is 94.7 Å². The number of benzene rings is 2. The van der Waals surface area contributed by atoms with E-state index in [1.807, 2.05) is 12.3 Å². The molecule has 1 aliphatic heterocycles. The van der Waals surface area contributed by atoms with E-state index in [9.17, 15) is 0 Å². The second-order valence-electron chi connectivity index (χ2n) is 6.74. The Labute approximate surface area is 158 Å². The Hall–Kier alpha value is -3.46. The first-order chi connectivity index (χ1) is 13.3. The Morgan fingerprint density at radius 1 is 1.00 bits per heavy atom. The molecule has 0 unspecified atom stereocenters. The lowest BCUT2D eigenvalue weighted by atomic mass is 9.91. The number of hydrogen-bond donors (Lipinski definition) is 1. The zero-order valence-electron chi connectivity index (χ0n) is 15.2. The molecule has 3 heteroatoms. The largest absolute Gasteiger partial charge is 0.361 e. The number of aromatic amines is 1. The van der Waals surface area contributed by atoms with Gasteiger partial charge in [0.1, 0.15) is 6.54 Å². The predicted molar refractivity (Wildman–Crippen MR) is 111 cm³/mol. The van der Waals surface area contributed by atoms with Crippen LogP contribution in [0.2, 0.25) is 0 Å². The number of allylic oxidation sites excluding steroid dienone is 1. The van der Waals surface area contributed by atoms with Crippen LogP contribution >= 0.6 is 0 Å². The van der Waals surface area contributed by atoms with E-state index in [4.69, 9.17) is 0 Å². The van der Waals surface area contributed by atoms with Crippen LogP contribution in [-0.4, -0.2) is 11.2 Å². The van der Waals surface area contributed by atoms with Crippen molar-refractivity contribution in [2.45, 2.75) is 13.5 Å². The van der Waals surface area contributed by atoms with E-state index in [-0.39, 0.29) is 0 Å². The highest BCUT2D eigenvalue weighted by Crippen LogP contribution is 2.40. The van der Waals surface area contributed by atoms with Crippen molar-refractivity contribution in [3.8, 4) is 0 Å². The summed E-state index contributed by atoms with van der Waals surface area (Å²) in [7, 11) is 0. The first-order valence-electron chi connectivity index (χ1n) is 9.29. The quantitative estimate of drug-likeness (QED) is 0.496. The van der Waals surface area contributed by atoms with Gasteiger partial charge in [-0.05, 0) is 25.1 Å². The maximum absolute atomic E-state index is 4.66. The van der Waals surface area contributed by atoms with Gasteiger partial charge in [-0.15, -0.1) is 0 Å². The number of fused-ring (bicyclic) bond motifs is 2. The summed E-state index contributed by atoms with van der Waals surface area (Å²) < 4.78 is 2.21. The van der Waals surface area contributed by atoms with Gasteiger partial charge < -0.3 is 4.98 Å². The van der Waals surface area contributed by atoms with Crippen LogP contribution in [0.25, 0.3) is 22.0 Å². The SMILES string of the molecule is CC[n+]1cccc(/C(=C2/C=Nc3ccccc32)c2c[nH]c3ccccc23)c1. The third kappa shape index (κ3) is 2.59. The molecule has 130 valence electrons. The molecule has 0 bridgehead atoms. The molecule has 0 fully saturated rings. The van der Waals surface area contributed by atoms with Gasteiger partial charge in [0.25, 0.3) is 0 Å². The maximum Gasteiger partial charge on any atom is 0.176 e. The number of H-pyrrole nitrogens is 1. The van der Waals surface area contributed by atoms with Crippen molar-refractivity contribution in [2.24, 2.45) is 4.99 Å². The number of hydrogen-bond acceptors (Lipinski definition) is 1. The number of rotatable bonds is 3. The standard InChI is InChI=1S/C24H20N3/c1-2-27-13-7-8-17(16-27)24(20-14-25-22-11-5-3-9-18(20)22)21-15-26-23-12-6-4-10-19(21)23/h3-16,25H,2H2,1H3/q+1/b24-21+. The average Bonchev–Trinajstić information content (AvgIpc) is 3.34. The fraction of sp³-hybridized carbons (Fsp3) is 0.0833. The zero-order valence-corrected chi connectivity index (χ0v) is 15.2. The molecule has 0 saturated heterocycles. The number of aryl methyl sites for hydroxylation is 1. The first kappa shape index (κ1) is 15.8. The monoisotopic (exact) mass is 350 g/mol. The highest BCUT2D eigenvalue weighted by atomic mass is 14.9. The maximum atomic E-state index is 4.66. The third-order valence-corrected chi connectivity index (χ3v) is 5.17. The molecule has 2 aromatic heterocycles. The molecule has 2 aromatic carbocycles. The van der Waals surface area contributed by atoms with E-state index in [0.717, 1.165) is 17.7 Å². The summed E-state index contributed by atoms with van der Waals surface area (Å²) in [6.45, 7) is 3.10. The van der Waals surface area contributed by atoms with Gasteiger partial charge >= 0.3 is 0 Å². The second-order valence-corrected chi connectivity index (χ2v) is 6.74. The molecule has 3 nitrogen and oxygen atoms in total. The van der Waals surface area contributed by atoms with Gasteiger partial charge in [-0.3, -0.25) is 4.99 Å². The van der Waals surface area contributed by atoms with Crippen molar-refractivity contribution in [1.29, 1.82) is 0 Å². The van der Waals surface area contributed by atoms with E-state index in [1.165, 1.54) is 33.2 Å². The van der Waals surface area contributed by atoms with E-state index >= 15 is 0 Å². The lowest BCUT2D eigenvalue weighted by Gasteiger charge is -2.11. The molecule has 0 radical (unpaired) electrons. The van der Waals surface area contributed by atoms with Gasteiger partial charge in [0, 0.05) is 57.2 Å². The normalized spacial score (nSPS) is 14.6. The summed E-state index contributed by atoms with van der Waals surface area (Å²) in [5.74, 6) is 0. The van der Waals surface area contributed by atoms with Gasteiger partial charge in [-0.1, -0.05) is 36.4 Å². The summed E-state index contributed by atoms with van der Waals surface area (Å²) in [6.07, 6.45) is 8.45. The summed E-state index contributed by atoms with van der Waals surface area (Å²) in [6, 6.07) is 21.1. The van der Waals surface area contributed by atoms with Crippen LogP contribution in [0.15, 0.2) is 84.2 Å². The van der Waals surface area contributed by atoms with Gasteiger partial charge in [-0.2, -0.15) is 0 Å². The molecule has 0 saturated carbocycles. The Morgan fingerprint density at radius 2 is 1.85 bits per heavy atom. The second kappa shape index (κ2) is 6.36. The zero-order chi connectivity index (χ0) is 18.2. The van der Waals surface area contributed by atoms with E-state index < -0.39 is 0 Å². The van der Waals surface area contributed by atoms with Crippen LogP contribution < -0.4 is 4.57 Å². The van der Waals surface area contributed by atoms with Crippen LogP contribution in [0.1, 0.15) is 23.6 Å². The molecule has 1 N–H and O–H groups in total. The molecular weight excluding hydrogens is 330 g/mol. The number of nitrogens with zero attached hydrogens (tertiary/aromatic N) is 2. The summed E-state index contributed by atoms with van der Waals surface area (Å²) in [4.78, 5) is 8.09. The summed E-state index contributed by atoms with van der Waals surface area (Å²) in [5.41, 5.74) is 8.15. The van der Waals surface area contributed by atoms with Gasteiger partial charge in [0.15, 0.2) is 12.4 Å². The highest BCUT2D eigenvalue weighted by molar-refractivity contribution is 6.27. The number of para-hydroxylation sites is 2. The molecule has 0 amide bonds. The number of nitrogens with one attached hydrogen (secondary N) is 1. The molecule has 0 atom stereocenters. The van der Waals surface area contributed by atoms with Crippen molar-refractivity contribution >= 4 is 34.0 Å². The Morgan fingerprint density at radius 3 is 2.78 bits per heavy atom. The molecule has 1 aliphatic rings. The number of aromatic nitrogens is 2. The molecule has 4 aromatic rings. The topological polar surface area (TPSA) is 32.0 Å². The smallest absolute Gasteiger partial charge is 0.176 e. The molecule has 0 aliphatic carbocycles. The van der Waals surface area contributed by atoms with E-state index in [1.54, 1.807) is 0 Å². The predicted octanol–water partition coefficient (Wildman–Crippen LogP) is 5.15. The van der Waals surface area contributed by atoms with Crippen molar-refractivity contribution < 1.29 is 4.57 Å². The Balaban J connectivity index is 1.84. The minimum Gasteiger partial charge on any atom is -0.361 e. The van der Waals surface area contributed by atoms with Crippen molar-refractivity contribution in [1.82, 2.24) is 4.98 Å². The van der Waals surface area contributed by atoms with Crippen LogP contribution in [0.4, 0.5) is 5.69 Å². The molecular formula is C24H20N3+.